The Bertz CT molecular complexity index is 518. The van der Waals surface area contributed by atoms with Crippen LogP contribution in [0.2, 0.25) is 0 Å². The molecule has 2 amide bonds. The van der Waals surface area contributed by atoms with Gasteiger partial charge < -0.3 is 15.3 Å². The molecule has 0 radical (unpaired) electrons. The van der Waals surface area contributed by atoms with Crippen LogP contribution in [-0.4, -0.2) is 40.1 Å². The molecule has 1 aliphatic rings. The predicted molar refractivity (Wildman–Crippen MR) is 69.9 cm³/mol. The molecule has 1 aromatic rings. The number of carbonyl (C=O) groups is 2. The molecule has 2 rings (SSSR count). The van der Waals surface area contributed by atoms with Crippen LogP contribution in [0.4, 0.5) is 10.5 Å². The Morgan fingerprint density at radius 2 is 2.26 bits per heavy atom. The Morgan fingerprint density at radius 3 is 2.84 bits per heavy atom. The second-order valence-corrected chi connectivity index (χ2v) is 5.16. The maximum atomic E-state index is 12.1. The fraction of sp³-hybridized carbons (Fsp3) is 0.462. The normalized spacial score (nSPS) is 22.3. The molecule has 6 heteroatoms. The maximum absolute atomic E-state index is 12.1. The first-order chi connectivity index (χ1) is 8.92. The van der Waals surface area contributed by atoms with Crippen LogP contribution in [0.3, 0.4) is 0 Å². The van der Waals surface area contributed by atoms with Crippen molar-refractivity contribution in [1.29, 1.82) is 0 Å². The highest BCUT2D eigenvalue weighted by Crippen LogP contribution is 2.30. The number of pyridine rings is 1. The number of carboxylic acid groups (broad SMARTS) is 1. The molecule has 0 spiro atoms. The van der Waals surface area contributed by atoms with E-state index < -0.39 is 11.4 Å². The van der Waals surface area contributed by atoms with Crippen molar-refractivity contribution in [3.05, 3.63) is 24.0 Å². The van der Waals surface area contributed by atoms with E-state index >= 15 is 0 Å². The molecule has 2 heterocycles. The molecule has 0 aliphatic carbocycles. The minimum absolute atomic E-state index is 0.230. The van der Waals surface area contributed by atoms with E-state index in [0.29, 0.717) is 18.7 Å². The molecule has 1 fully saturated rings. The first-order valence-electron chi connectivity index (χ1n) is 6.12. The number of carboxylic acids is 1. The molecule has 0 bridgehead atoms. The minimum Gasteiger partial charge on any atom is -0.481 e. The molecule has 1 unspecified atom stereocenters. The van der Waals surface area contributed by atoms with Crippen molar-refractivity contribution in [3.63, 3.8) is 0 Å². The summed E-state index contributed by atoms with van der Waals surface area (Å²) in [5, 5.41) is 11.9. The average molecular weight is 263 g/mol. The van der Waals surface area contributed by atoms with E-state index in [4.69, 9.17) is 5.11 Å². The second kappa shape index (κ2) is 4.87. The van der Waals surface area contributed by atoms with Gasteiger partial charge in [-0.3, -0.25) is 9.78 Å². The van der Waals surface area contributed by atoms with E-state index in [9.17, 15) is 9.59 Å². The molecule has 102 valence electrons. The number of hydrogen-bond acceptors (Lipinski definition) is 3. The fourth-order valence-corrected chi connectivity index (χ4v) is 2.10. The number of nitrogens with one attached hydrogen (secondary N) is 1. The summed E-state index contributed by atoms with van der Waals surface area (Å²) in [6.45, 7) is 4.22. The van der Waals surface area contributed by atoms with E-state index in [1.807, 2.05) is 6.92 Å². The van der Waals surface area contributed by atoms with Gasteiger partial charge in [-0.2, -0.15) is 0 Å². The molecule has 1 saturated heterocycles. The first kappa shape index (κ1) is 13.3. The number of anilines is 1. The zero-order valence-corrected chi connectivity index (χ0v) is 11.0. The molecule has 2 N–H and O–H groups in total. The molecule has 0 aromatic carbocycles. The summed E-state index contributed by atoms with van der Waals surface area (Å²) in [6.07, 6.45) is 3.71. The van der Waals surface area contributed by atoms with E-state index in [1.165, 1.54) is 4.90 Å². The van der Waals surface area contributed by atoms with Gasteiger partial charge >= 0.3 is 12.0 Å². The Morgan fingerprint density at radius 1 is 1.53 bits per heavy atom. The number of aliphatic carboxylic acids is 1. The van der Waals surface area contributed by atoms with Crippen LogP contribution < -0.4 is 5.32 Å². The summed E-state index contributed by atoms with van der Waals surface area (Å²) in [5.41, 5.74) is 0.724. The number of aryl methyl sites for hydroxylation is 1. The smallest absolute Gasteiger partial charge is 0.321 e. The fourth-order valence-electron chi connectivity index (χ4n) is 2.10. The zero-order chi connectivity index (χ0) is 14.0. The van der Waals surface area contributed by atoms with Crippen molar-refractivity contribution in [2.24, 2.45) is 5.41 Å². The predicted octanol–water partition coefficient (Wildman–Crippen LogP) is 1.72. The van der Waals surface area contributed by atoms with E-state index in [0.717, 1.165) is 5.56 Å². The van der Waals surface area contributed by atoms with Gasteiger partial charge in [-0.25, -0.2) is 4.79 Å². The van der Waals surface area contributed by atoms with Crippen molar-refractivity contribution in [2.75, 3.05) is 18.4 Å². The van der Waals surface area contributed by atoms with Crippen LogP contribution >= 0.6 is 0 Å². The summed E-state index contributed by atoms with van der Waals surface area (Å²) < 4.78 is 0. The highest BCUT2D eigenvalue weighted by Gasteiger charge is 2.42. The molecule has 6 nitrogen and oxygen atoms in total. The van der Waals surface area contributed by atoms with Crippen molar-refractivity contribution in [2.45, 2.75) is 20.3 Å². The lowest BCUT2D eigenvalue weighted by atomic mass is 9.90. The highest BCUT2D eigenvalue weighted by atomic mass is 16.4. The van der Waals surface area contributed by atoms with Gasteiger partial charge in [0, 0.05) is 19.3 Å². The van der Waals surface area contributed by atoms with Gasteiger partial charge in [0.25, 0.3) is 0 Å². The van der Waals surface area contributed by atoms with Crippen molar-refractivity contribution in [3.8, 4) is 0 Å². The summed E-state index contributed by atoms with van der Waals surface area (Å²) in [4.78, 5) is 28.7. The Balaban J connectivity index is 2.03. The van der Waals surface area contributed by atoms with Gasteiger partial charge in [-0.1, -0.05) is 0 Å². The number of carbonyl (C=O) groups excluding carboxylic acids is 1. The van der Waals surface area contributed by atoms with Crippen LogP contribution in [0.15, 0.2) is 18.5 Å². The number of nitrogens with zero attached hydrogens (tertiary/aromatic N) is 2. The van der Waals surface area contributed by atoms with E-state index in [2.05, 4.69) is 10.3 Å². The van der Waals surface area contributed by atoms with E-state index in [1.54, 1.807) is 25.4 Å². The summed E-state index contributed by atoms with van der Waals surface area (Å²) in [7, 11) is 0. The average Bonchev–Trinajstić information content (AvgIpc) is 2.76. The maximum Gasteiger partial charge on any atom is 0.321 e. The number of rotatable bonds is 2. The SMILES string of the molecule is Cc1ccncc1NC(=O)N1CCC(C)(C(=O)O)C1. The van der Waals surface area contributed by atoms with Crippen LogP contribution in [-0.2, 0) is 4.79 Å². The van der Waals surface area contributed by atoms with Gasteiger partial charge in [-0.15, -0.1) is 0 Å². The Hall–Kier alpha value is -2.11. The molecule has 1 aromatic heterocycles. The monoisotopic (exact) mass is 263 g/mol. The highest BCUT2D eigenvalue weighted by molar-refractivity contribution is 5.90. The van der Waals surface area contributed by atoms with Crippen LogP contribution in [0, 0.1) is 12.3 Å². The third-order valence-corrected chi connectivity index (χ3v) is 3.56. The third kappa shape index (κ3) is 2.67. The lowest BCUT2D eigenvalue weighted by Gasteiger charge is -2.20. The number of amides is 2. The standard InChI is InChI=1S/C13H17N3O3/c1-9-3-5-14-7-10(9)15-12(19)16-6-4-13(2,8-16)11(17)18/h3,5,7H,4,6,8H2,1-2H3,(H,15,19)(H,17,18). The Kier molecular flexibility index (Phi) is 3.42. The molecule has 0 saturated carbocycles. The van der Waals surface area contributed by atoms with Gasteiger partial charge in [0.15, 0.2) is 0 Å². The lowest BCUT2D eigenvalue weighted by Crippen LogP contribution is -2.37. The van der Waals surface area contributed by atoms with Gasteiger partial charge in [0.1, 0.15) is 0 Å². The van der Waals surface area contributed by atoms with Crippen LogP contribution in [0.25, 0.3) is 0 Å². The second-order valence-electron chi connectivity index (χ2n) is 5.16. The molecular weight excluding hydrogens is 246 g/mol. The summed E-state index contributed by atoms with van der Waals surface area (Å²) in [6, 6.07) is 1.53. The van der Waals surface area contributed by atoms with E-state index in [-0.39, 0.29) is 12.6 Å². The number of aromatic nitrogens is 1. The molecule has 1 aliphatic heterocycles. The Labute approximate surface area is 111 Å². The largest absolute Gasteiger partial charge is 0.481 e. The molecular formula is C13H17N3O3. The minimum atomic E-state index is -0.861. The van der Waals surface area contributed by atoms with Crippen LogP contribution in [0.5, 0.6) is 0 Å². The number of likely N-dealkylation sites (tertiary alicyclic amines) is 1. The molecule has 1 atom stereocenters. The van der Waals surface area contributed by atoms with Crippen molar-refractivity contribution >= 4 is 17.7 Å². The summed E-state index contributed by atoms with van der Waals surface area (Å²) >= 11 is 0. The third-order valence-electron chi connectivity index (χ3n) is 3.56. The van der Waals surface area contributed by atoms with Crippen molar-refractivity contribution in [1.82, 2.24) is 9.88 Å². The van der Waals surface area contributed by atoms with Gasteiger partial charge in [-0.05, 0) is 31.9 Å². The lowest BCUT2D eigenvalue weighted by molar-refractivity contribution is -0.146. The quantitative estimate of drug-likeness (QED) is 0.851. The topological polar surface area (TPSA) is 82.5 Å². The van der Waals surface area contributed by atoms with Crippen molar-refractivity contribution < 1.29 is 14.7 Å². The summed E-state index contributed by atoms with van der Waals surface area (Å²) in [5.74, 6) is -0.861. The van der Waals surface area contributed by atoms with Gasteiger partial charge in [0.05, 0.1) is 17.3 Å². The van der Waals surface area contributed by atoms with Gasteiger partial charge in [0.2, 0.25) is 0 Å². The number of hydrogen-bond donors (Lipinski definition) is 2. The molecule has 19 heavy (non-hydrogen) atoms. The van der Waals surface area contributed by atoms with Crippen LogP contribution in [0.1, 0.15) is 18.9 Å². The first-order valence-corrected chi connectivity index (χ1v) is 6.12. The zero-order valence-electron chi connectivity index (χ0n) is 11.0. The number of urea groups is 1.